The van der Waals surface area contributed by atoms with E-state index in [4.69, 9.17) is 21.8 Å². The van der Waals surface area contributed by atoms with Gasteiger partial charge in [-0.15, -0.1) is 6.42 Å². The molecule has 0 saturated carbocycles. The number of terminal acetylenes is 1. The molecular weight excluding hydrogens is 220 g/mol. The van der Waals surface area contributed by atoms with E-state index in [-0.39, 0.29) is 13.0 Å². The highest BCUT2D eigenvalue weighted by Crippen LogP contribution is 2.14. The number of carboxylic acids is 1. The quantitative estimate of drug-likeness (QED) is 0.578. The van der Waals surface area contributed by atoms with Gasteiger partial charge < -0.3 is 9.84 Å². The maximum absolute atomic E-state index is 10.7. The lowest BCUT2D eigenvalue weighted by atomic mass is 10.1. The Morgan fingerprint density at radius 3 is 2.65 bits per heavy atom. The van der Waals surface area contributed by atoms with Crippen molar-refractivity contribution < 1.29 is 14.6 Å². The van der Waals surface area contributed by atoms with Gasteiger partial charge in [0.05, 0.1) is 0 Å². The van der Waals surface area contributed by atoms with Crippen molar-refractivity contribution in [2.45, 2.75) is 12.5 Å². The highest BCUT2D eigenvalue weighted by molar-refractivity contribution is 5.73. The molecule has 0 aromatic heterocycles. The van der Waals surface area contributed by atoms with Gasteiger partial charge >= 0.3 is 5.97 Å². The van der Waals surface area contributed by atoms with Crippen LogP contribution in [0.25, 0.3) is 0 Å². The first-order valence-electron chi connectivity index (χ1n) is 4.92. The Bertz CT molecular complexity index is 434. The summed E-state index contributed by atoms with van der Waals surface area (Å²) in [4.78, 5) is 10.7. The fraction of sp³-hybridized carbons (Fsp3) is 0.250. The van der Waals surface area contributed by atoms with Gasteiger partial charge in [0.25, 0.3) is 0 Å². The minimum atomic E-state index is -1.10. The second kappa shape index (κ2) is 6.28. The van der Waals surface area contributed by atoms with Gasteiger partial charge in [0, 0.05) is 6.42 Å². The number of rotatable bonds is 6. The van der Waals surface area contributed by atoms with E-state index in [9.17, 15) is 4.79 Å². The van der Waals surface area contributed by atoms with Crippen molar-refractivity contribution in [2.24, 2.45) is 5.11 Å². The summed E-state index contributed by atoms with van der Waals surface area (Å²) < 4.78 is 5.18. The average molecular weight is 232 g/mol. The van der Waals surface area contributed by atoms with Crippen molar-refractivity contribution in [3.8, 4) is 18.1 Å². The Balaban J connectivity index is 2.65. The zero-order chi connectivity index (χ0) is 12.7. The third kappa shape index (κ3) is 3.95. The van der Waals surface area contributed by atoms with Crippen LogP contribution < -0.4 is 4.74 Å². The van der Waals surface area contributed by atoms with Crippen molar-refractivity contribution in [2.75, 3.05) is 6.61 Å². The first-order chi connectivity index (χ1) is 8.17. The van der Waals surface area contributed by atoms with Crippen LogP contribution in [-0.4, -0.2) is 23.7 Å². The molecule has 0 aliphatic heterocycles. The van der Waals surface area contributed by atoms with Gasteiger partial charge in [-0.25, -0.2) is 10.3 Å². The predicted molar refractivity (Wildman–Crippen MR) is 61.0 cm³/mol. The minimum Gasteiger partial charge on any atom is -0.481 e. The largest absolute Gasteiger partial charge is 0.481 e. The molecular formula is C12H12N2O3. The van der Waals surface area contributed by atoms with E-state index < -0.39 is 12.0 Å². The Labute approximate surface area is 98.9 Å². The van der Waals surface area contributed by atoms with Crippen molar-refractivity contribution >= 4 is 5.97 Å². The zero-order valence-electron chi connectivity index (χ0n) is 9.09. The molecule has 0 saturated heterocycles. The lowest BCUT2D eigenvalue weighted by molar-refractivity contribution is -0.138. The molecule has 1 aromatic rings. The average Bonchev–Trinajstić information content (AvgIpc) is 2.34. The maximum Gasteiger partial charge on any atom is 0.330 e. The van der Waals surface area contributed by atoms with Crippen LogP contribution in [0, 0.1) is 17.9 Å². The number of nitrogens with one attached hydrogen (secondary N) is 1. The number of ether oxygens (including phenoxy) is 1. The summed E-state index contributed by atoms with van der Waals surface area (Å²) in [6, 6.07) is 5.83. The van der Waals surface area contributed by atoms with E-state index in [0.717, 1.165) is 5.56 Å². The second-order valence-corrected chi connectivity index (χ2v) is 3.32. The fourth-order valence-corrected chi connectivity index (χ4v) is 1.26. The van der Waals surface area contributed by atoms with Crippen molar-refractivity contribution in [3.63, 3.8) is 0 Å². The molecule has 17 heavy (non-hydrogen) atoms. The highest BCUT2D eigenvalue weighted by atomic mass is 16.5. The van der Waals surface area contributed by atoms with Gasteiger partial charge in [0.1, 0.15) is 12.4 Å². The molecule has 88 valence electrons. The molecule has 5 nitrogen and oxygen atoms in total. The predicted octanol–water partition coefficient (Wildman–Crippen LogP) is 1.73. The third-order valence-corrected chi connectivity index (χ3v) is 2.12. The van der Waals surface area contributed by atoms with Gasteiger partial charge in [0.15, 0.2) is 6.04 Å². The molecule has 0 amide bonds. The number of carbonyl (C=O) groups is 1. The summed E-state index contributed by atoms with van der Waals surface area (Å²) in [7, 11) is 0. The van der Waals surface area contributed by atoms with Crippen LogP contribution in [0.2, 0.25) is 0 Å². The third-order valence-electron chi connectivity index (χ3n) is 2.12. The molecule has 1 atom stereocenters. The minimum absolute atomic E-state index is 0.189. The van der Waals surface area contributed by atoms with E-state index >= 15 is 0 Å². The topological polar surface area (TPSA) is 82.7 Å². The first kappa shape index (κ1) is 12.7. The molecule has 0 aliphatic carbocycles. The molecule has 0 spiro atoms. The van der Waals surface area contributed by atoms with Crippen molar-refractivity contribution in [1.82, 2.24) is 0 Å². The van der Waals surface area contributed by atoms with E-state index in [1.165, 1.54) is 0 Å². The van der Waals surface area contributed by atoms with Crippen molar-refractivity contribution in [1.29, 1.82) is 5.53 Å². The second-order valence-electron chi connectivity index (χ2n) is 3.32. The van der Waals surface area contributed by atoms with E-state index in [2.05, 4.69) is 11.0 Å². The molecule has 0 aliphatic rings. The summed E-state index contributed by atoms with van der Waals surface area (Å²) >= 11 is 0. The molecule has 0 radical (unpaired) electrons. The molecule has 1 unspecified atom stereocenters. The summed E-state index contributed by atoms with van der Waals surface area (Å²) in [5.74, 6) is 1.87. The standard InChI is InChI=1S/C12H12N2O3/c1-2-7-17-10-5-3-9(4-6-10)8-11(14-13)12(15)16/h1,3-6,11,13H,7-8H2,(H,15,16). The van der Waals surface area contributed by atoms with Crippen molar-refractivity contribution in [3.05, 3.63) is 29.8 Å². The lowest BCUT2D eigenvalue weighted by Gasteiger charge is -2.07. The van der Waals surface area contributed by atoms with Crippen LogP contribution in [0.4, 0.5) is 0 Å². The van der Waals surface area contributed by atoms with Gasteiger partial charge in [-0.1, -0.05) is 18.1 Å². The Morgan fingerprint density at radius 1 is 1.53 bits per heavy atom. The summed E-state index contributed by atoms with van der Waals surface area (Å²) in [6.07, 6.45) is 5.24. The Morgan fingerprint density at radius 2 is 2.18 bits per heavy atom. The molecule has 1 aromatic carbocycles. The number of aliphatic carboxylic acids is 1. The van der Waals surface area contributed by atoms with Gasteiger partial charge in [0.2, 0.25) is 0 Å². The molecule has 5 heteroatoms. The monoisotopic (exact) mass is 232 g/mol. The number of hydrogen-bond donors (Lipinski definition) is 2. The summed E-state index contributed by atoms with van der Waals surface area (Å²) in [5.41, 5.74) is 7.55. The van der Waals surface area contributed by atoms with Crippen LogP contribution in [0.15, 0.2) is 29.4 Å². The lowest BCUT2D eigenvalue weighted by Crippen LogP contribution is -2.19. The van der Waals surface area contributed by atoms with Crippen LogP contribution >= 0.6 is 0 Å². The number of hydrogen-bond acceptors (Lipinski definition) is 4. The van der Waals surface area contributed by atoms with E-state index in [0.29, 0.717) is 5.75 Å². The summed E-state index contributed by atoms with van der Waals surface area (Å²) in [5, 5.41) is 11.8. The van der Waals surface area contributed by atoms with Crippen LogP contribution in [0.1, 0.15) is 5.56 Å². The molecule has 1 rings (SSSR count). The van der Waals surface area contributed by atoms with Gasteiger partial charge in [-0.3, -0.25) is 0 Å². The fourth-order valence-electron chi connectivity index (χ4n) is 1.26. The Hall–Kier alpha value is -2.35. The van der Waals surface area contributed by atoms with Crippen LogP contribution in [-0.2, 0) is 11.2 Å². The van der Waals surface area contributed by atoms with E-state index in [1.807, 2.05) is 0 Å². The molecule has 0 bridgehead atoms. The number of nitrogens with zero attached hydrogens (tertiary/aromatic N) is 1. The van der Waals surface area contributed by atoms with E-state index in [1.54, 1.807) is 24.3 Å². The normalized spacial score (nSPS) is 11.2. The maximum atomic E-state index is 10.7. The molecule has 0 heterocycles. The molecule has 0 fully saturated rings. The number of benzene rings is 1. The number of carboxylic acid groups (broad SMARTS) is 1. The highest BCUT2D eigenvalue weighted by Gasteiger charge is 2.16. The smallest absolute Gasteiger partial charge is 0.330 e. The summed E-state index contributed by atoms with van der Waals surface area (Å²) in [6.45, 7) is 0.194. The molecule has 2 N–H and O–H groups in total. The Kier molecular flexibility index (Phi) is 4.70. The SMILES string of the molecule is C#CCOc1ccc(CC(N=N)C(=O)O)cc1. The van der Waals surface area contributed by atoms with Gasteiger partial charge in [-0.05, 0) is 17.7 Å². The van der Waals surface area contributed by atoms with Crippen LogP contribution in [0.5, 0.6) is 5.75 Å². The van der Waals surface area contributed by atoms with Crippen LogP contribution in [0.3, 0.4) is 0 Å². The zero-order valence-corrected chi connectivity index (χ0v) is 9.09. The van der Waals surface area contributed by atoms with Gasteiger partial charge in [-0.2, -0.15) is 5.11 Å². The first-order valence-corrected chi connectivity index (χ1v) is 4.92.